The van der Waals surface area contributed by atoms with Gasteiger partial charge >= 0.3 is 0 Å². The van der Waals surface area contributed by atoms with E-state index < -0.39 is 24.9 Å². The summed E-state index contributed by atoms with van der Waals surface area (Å²) in [5.74, 6) is 0. The number of aliphatic hydroxyl groups excluding tert-OH is 4. The third-order valence-corrected chi connectivity index (χ3v) is 1.39. The molecule has 0 radical (unpaired) electrons. The topological polar surface area (TPSA) is 80.9 Å². The third-order valence-electron chi connectivity index (χ3n) is 1.39. The van der Waals surface area contributed by atoms with Gasteiger partial charge < -0.3 is 20.4 Å². The summed E-state index contributed by atoms with van der Waals surface area (Å²) >= 11 is 0. The van der Waals surface area contributed by atoms with Crippen molar-refractivity contribution in [1.82, 2.24) is 0 Å². The molecule has 10 heavy (non-hydrogen) atoms. The van der Waals surface area contributed by atoms with E-state index in [1.165, 1.54) is 0 Å². The van der Waals surface area contributed by atoms with E-state index in [-0.39, 0.29) is 0 Å². The molecule has 0 rings (SSSR count). The Morgan fingerprint density at radius 2 is 1.60 bits per heavy atom. The molecule has 62 valence electrons. The van der Waals surface area contributed by atoms with Crippen molar-refractivity contribution in [2.75, 3.05) is 6.61 Å². The maximum atomic E-state index is 8.93. The molecule has 0 aliphatic rings. The Bertz CT molecular complexity index is 75.8. The van der Waals surface area contributed by atoms with E-state index in [0.29, 0.717) is 6.42 Å². The van der Waals surface area contributed by atoms with Gasteiger partial charge in [-0.2, -0.15) is 0 Å². The van der Waals surface area contributed by atoms with Gasteiger partial charge in [-0.3, -0.25) is 0 Å². The van der Waals surface area contributed by atoms with Crippen molar-refractivity contribution >= 4 is 0 Å². The highest BCUT2D eigenvalue weighted by Gasteiger charge is 2.21. The van der Waals surface area contributed by atoms with Crippen molar-refractivity contribution in [2.24, 2.45) is 0 Å². The van der Waals surface area contributed by atoms with Gasteiger partial charge in [0.05, 0.1) is 12.7 Å². The van der Waals surface area contributed by atoms with Crippen LogP contribution in [0.15, 0.2) is 0 Å². The van der Waals surface area contributed by atoms with Gasteiger partial charge in [0.25, 0.3) is 0 Å². The highest BCUT2D eigenvalue weighted by Crippen LogP contribution is 2.02. The molecule has 0 aromatic heterocycles. The molecule has 4 heteroatoms. The summed E-state index contributed by atoms with van der Waals surface area (Å²) in [7, 11) is 0. The van der Waals surface area contributed by atoms with E-state index in [2.05, 4.69) is 0 Å². The monoisotopic (exact) mass is 150 g/mol. The van der Waals surface area contributed by atoms with Gasteiger partial charge in [-0.05, 0) is 6.42 Å². The zero-order chi connectivity index (χ0) is 8.15. The molecule has 0 spiro atoms. The lowest BCUT2D eigenvalue weighted by Crippen LogP contribution is -2.38. The highest BCUT2D eigenvalue weighted by atomic mass is 16.4. The second-order valence-electron chi connectivity index (χ2n) is 2.22. The van der Waals surface area contributed by atoms with Crippen LogP contribution in [0, 0.1) is 0 Å². The summed E-state index contributed by atoms with van der Waals surface area (Å²) in [6, 6.07) is 0. The van der Waals surface area contributed by atoms with Crippen LogP contribution in [-0.2, 0) is 0 Å². The number of hydrogen-bond acceptors (Lipinski definition) is 4. The molecule has 0 aliphatic carbocycles. The molecule has 0 bridgehead atoms. The van der Waals surface area contributed by atoms with Crippen molar-refractivity contribution < 1.29 is 20.4 Å². The highest BCUT2D eigenvalue weighted by molar-refractivity contribution is 4.72. The van der Waals surface area contributed by atoms with Gasteiger partial charge in [0.15, 0.2) is 0 Å². The lowest BCUT2D eigenvalue weighted by Gasteiger charge is -2.19. The van der Waals surface area contributed by atoms with Gasteiger partial charge in [0.1, 0.15) is 12.2 Å². The summed E-state index contributed by atoms with van der Waals surface area (Å²) in [5, 5.41) is 34.9. The molecule has 0 heterocycles. The lowest BCUT2D eigenvalue weighted by atomic mass is 10.1. The smallest absolute Gasteiger partial charge is 0.108 e. The number of hydrogen-bond donors (Lipinski definition) is 4. The minimum atomic E-state index is -1.24. The molecule has 4 nitrogen and oxygen atoms in total. The molecule has 0 aliphatic heterocycles. The minimum absolute atomic E-state index is 0.359. The fourth-order valence-corrected chi connectivity index (χ4v) is 0.606. The first-order valence-electron chi connectivity index (χ1n) is 3.28. The molecular formula is C6H14O4. The van der Waals surface area contributed by atoms with E-state index in [1.54, 1.807) is 6.92 Å². The maximum Gasteiger partial charge on any atom is 0.108 e. The van der Waals surface area contributed by atoms with Crippen molar-refractivity contribution in [2.45, 2.75) is 31.7 Å². The van der Waals surface area contributed by atoms with Gasteiger partial charge in [-0.15, -0.1) is 0 Å². The second kappa shape index (κ2) is 4.62. The summed E-state index contributed by atoms with van der Waals surface area (Å²) in [5.41, 5.74) is 0. The summed E-state index contributed by atoms with van der Waals surface area (Å²) in [4.78, 5) is 0. The molecule has 0 aromatic carbocycles. The average Bonchev–Trinajstić information content (AvgIpc) is 2.00. The predicted molar refractivity (Wildman–Crippen MR) is 35.4 cm³/mol. The fourth-order valence-electron chi connectivity index (χ4n) is 0.606. The quantitative estimate of drug-likeness (QED) is 0.392. The van der Waals surface area contributed by atoms with E-state index in [0.717, 1.165) is 0 Å². The van der Waals surface area contributed by atoms with E-state index >= 15 is 0 Å². The normalized spacial score (nSPS) is 20.1. The van der Waals surface area contributed by atoms with E-state index in [4.69, 9.17) is 20.4 Å². The van der Waals surface area contributed by atoms with Crippen LogP contribution in [0.25, 0.3) is 0 Å². The molecular weight excluding hydrogens is 136 g/mol. The van der Waals surface area contributed by atoms with Gasteiger partial charge in [-0.25, -0.2) is 0 Å². The standard InChI is InChI=1S/C6H14O4/c1-2-4(8)6(10)5(9)3-7/h4-10H,2-3H2,1H3/t4-,5-,6+/m1/s1. The maximum absolute atomic E-state index is 8.93. The zero-order valence-corrected chi connectivity index (χ0v) is 5.94. The molecule has 0 amide bonds. The first kappa shape index (κ1) is 9.84. The van der Waals surface area contributed by atoms with Crippen molar-refractivity contribution in [3.63, 3.8) is 0 Å². The first-order chi connectivity index (χ1) is 4.63. The SMILES string of the molecule is CC[C@@H](O)[C@H](O)[C@H](O)CO. The molecule has 4 N–H and O–H groups in total. The Balaban J connectivity index is 3.69. The van der Waals surface area contributed by atoms with Crippen LogP contribution in [0.4, 0.5) is 0 Å². The number of aliphatic hydroxyl groups is 4. The second-order valence-corrected chi connectivity index (χ2v) is 2.22. The molecule has 0 aromatic rings. The minimum Gasteiger partial charge on any atom is -0.394 e. The van der Waals surface area contributed by atoms with Crippen LogP contribution in [0.2, 0.25) is 0 Å². The fraction of sp³-hybridized carbons (Fsp3) is 1.00. The summed E-state index contributed by atoms with van der Waals surface area (Å²) in [6.45, 7) is 1.15. The summed E-state index contributed by atoms with van der Waals surface area (Å²) < 4.78 is 0. The van der Waals surface area contributed by atoms with Crippen molar-refractivity contribution in [3.8, 4) is 0 Å². The van der Waals surface area contributed by atoms with Gasteiger partial charge in [0.2, 0.25) is 0 Å². The van der Waals surface area contributed by atoms with Crippen LogP contribution in [0.1, 0.15) is 13.3 Å². The Morgan fingerprint density at radius 3 is 1.90 bits per heavy atom. The Kier molecular flexibility index (Phi) is 4.55. The van der Waals surface area contributed by atoms with Gasteiger partial charge in [-0.1, -0.05) is 6.92 Å². The third kappa shape index (κ3) is 2.62. The molecule has 0 unspecified atom stereocenters. The number of rotatable bonds is 4. The van der Waals surface area contributed by atoms with E-state index in [1.807, 2.05) is 0 Å². The molecule has 0 saturated heterocycles. The van der Waals surface area contributed by atoms with Crippen LogP contribution in [0.5, 0.6) is 0 Å². The van der Waals surface area contributed by atoms with Crippen LogP contribution < -0.4 is 0 Å². The van der Waals surface area contributed by atoms with Crippen molar-refractivity contribution in [3.05, 3.63) is 0 Å². The molecule has 0 saturated carbocycles. The van der Waals surface area contributed by atoms with Crippen LogP contribution >= 0.6 is 0 Å². The lowest BCUT2D eigenvalue weighted by molar-refractivity contribution is -0.0767. The van der Waals surface area contributed by atoms with Crippen LogP contribution in [0.3, 0.4) is 0 Å². The summed E-state index contributed by atoms with van der Waals surface area (Å²) in [6.07, 6.45) is -3.08. The molecule has 3 atom stereocenters. The van der Waals surface area contributed by atoms with E-state index in [9.17, 15) is 0 Å². The zero-order valence-electron chi connectivity index (χ0n) is 5.94. The first-order valence-corrected chi connectivity index (χ1v) is 3.28. The van der Waals surface area contributed by atoms with Crippen LogP contribution in [-0.4, -0.2) is 45.3 Å². The Morgan fingerprint density at radius 1 is 1.10 bits per heavy atom. The van der Waals surface area contributed by atoms with Crippen molar-refractivity contribution in [1.29, 1.82) is 0 Å². The predicted octanol–water partition coefficient (Wildman–Crippen LogP) is -1.53. The Hall–Kier alpha value is -0.160. The largest absolute Gasteiger partial charge is 0.394 e. The average molecular weight is 150 g/mol. The molecule has 0 fully saturated rings. The Labute approximate surface area is 59.7 Å². The van der Waals surface area contributed by atoms with Gasteiger partial charge in [0, 0.05) is 0 Å².